The third-order valence-electron chi connectivity index (χ3n) is 5.54. The second kappa shape index (κ2) is 6.05. The Bertz CT molecular complexity index is 490. The predicted octanol–water partition coefficient (Wildman–Crippen LogP) is 3.45. The number of likely N-dealkylation sites (tertiary alicyclic amines) is 1. The average molecular weight is 291 g/mol. The molecule has 2 nitrogen and oxygen atoms in total. The Morgan fingerprint density at radius 3 is 2.48 bits per heavy atom. The van der Waals surface area contributed by atoms with Gasteiger partial charge in [0.2, 0.25) is 0 Å². The van der Waals surface area contributed by atoms with Crippen LogP contribution in [0, 0.1) is 12.7 Å². The number of hydrogen-bond acceptors (Lipinski definition) is 2. The number of halogens is 1. The highest BCUT2D eigenvalue weighted by molar-refractivity contribution is 5.28. The van der Waals surface area contributed by atoms with Crippen LogP contribution in [-0.4, -0.2) is 34.7 Å². The largest absolute Gasteiger partial charge is 0.391 e. The zero-order valence-corrected chi connectivity index (χ0v) is 12.9. The van der Waals surface area contributed by atoms with Crippen molar-refractivity contribution in [2.45, 2.75) is 63.5 Å². The summed E-state index contributed by atoms with van der Waals surface area (Å²) in [5.74, 6) is -0.194. The van der Waals surface area contributed by atoms with Gasteiger partial charge in [-0.15, -0.1) is 0 Å². The third kappa shape index (κ3) is 2.86. The summed E-state index contributed by atoms with van der Waals surface area (Å²) in [5.41, 5.74) is 2.00. The van der Waals surface area contributed by atoms with Crippen LogP contribution in [0.4, 0.5) is 4.39 Å². The van der Waals surface area contributed by atoms with Gasteiger partial charge in [-0.3, -0.25) is 4.90 Å². The van der Waals surface area contributed by atoms with E-state index in [1.165, 1.54) is 31.7 Å². The molecule has 0 bridgehead atoms. The summed E-state index contributed by atoms with van der Waals surface area (Å²) in [6.07, 6.45) is 7.45. The highest BCUT2D eigenvalue weighted by atomic mass is 19.1. The van der Waals surface area contributed by atoms with Crippen LogP contribution in [0.25, 0.3) is 0 Å². The van der Waals surface area contributed by atoms with Crippen molar-refractivity contribution in [3.05, 3.63) is 35.1 Å². The van der Waals surface area contributed by atoms with Gasteiger partial charge in [-0.2, -0.15) is 0 Å². The second-order valence-corrected chi connectivity index (χ2v) is 6.80. The molecule has 1 heterocycles. The van der Waals surface area contributed by atoms with E-state index < -0.39 is 0 Å². The van der Waals surface area contributed by atoms with Crippen LogP contribution >= 0.6 is 0 Å². The molecule has 1 atom stereocenters. The van der Waals surface area contributed by atoms with Crippen LogP contribution in [0.2, 0.25) is 0 Å². The smallest absolute Gasteiger partial charge is 0.123 e. The molecule has 1 aliphatic carbocycles. The average Bonchev–Trinajstić information content (AvgIpc) is 3.11. The molecule has 3 heteroatoms. The third-order valence-corrected chi connectivity index (χ3v) is 5.54. The molecule has 0 aromatic heterocycles. The molecule has 0 amide bonds. The van der Waals surface area contributed by atoms with Crippen LogP contribution in [0.1, 0.15) is 49.7 Å². The number of rotatable bonds is 4. The van der Waals surface area contributed by atoms with Crippen molar-refractivity contribution < 1.29 is 9.50 Å². The molecule has 1 N–H and O–H groups in total. The molecule has 116 valence electrons. The maximum atomic E-state index is 13.2. The van der Waals surface area contributed by atoms with Gasteiger partial charge in [0.1, 0.15) is 5.82 Å². The lowest BCUT2D eigenvalue weighted by molar-refractivity contribution is -0.0172. The van der Waals surface area contributed by atoms with Gasteiger partial charge < -0.3 is 5.11 Å². The molecular weight excluding hydrogens is 265 g/mol. The number of benzene rings is 1. The van der Waals surface area contributed by atoms with Crippen molar-refractivity contribution in [2.75, 3.05) is 13.1 Å². The van der Waals surface area contributed by atoms with Crippen molar-refractivity contribution in [1.29, 1.82) is 0 Å². The molecule has 1 aromatic rings. The predicted molar refractivity (Wildman–Crippen MR) is 82.9 cm³/mol. The fourth-order valence-corrected chi connectivity index (χ4v) is 4.30. The van der Waals surface area contributed by atoms with Crippen LogP contribution in [0.5, 0.6) is 0 Å². The van der Waals surface area contributed by atoms with E-state index in [4.69, 9.17) is 0 Å². The first-order valence-corrected chi connectivity index (χ1v) is 8.30. The summed E-state index contributed by atoms with van der Waals surface area (Å²) in [7, 11) is 0. The van der Waals surface area contributed by atoms with Crippen molar-refractivity contribution in [3.63, 3.8) is 0 Å². The maximum absolute atomic E-state index is 13.2. The molecule has 3 rings (SSSR count). The van der Waals surface area contributed by atoms with Gasteiger partial charge in [0.05, 0.1) is 6.10 Å². The van der Waals surface area contributed by atoms with Crippen molar-refractivity contribution in [3.8, 4) is 0 Å². The lowest BCUT2D eigenvalue weighted by atomic mass is 9.84. The van der Waals surface area contributed by atoms with E-state index in [2.05, 4.69) is 4.90 Å². The molecular formula is C18H26FNO. The van der Waals surface area contributed by atoms with Gasteiger partial charge in [-0.25, -0.2) is 4.39 Å². The molecule has 0 spiro atoms. The minimum atomic E-state index is -0.345. The number of aryl methyl sites for hydroxylation is 1. The van der Waals surface area contributed by atoms with E-state index in [0.717, 1.165) is 37.1 Å². The van der Waals surface area contributed by atoms with Gasteiger partial charge >= 0.3 is 0 Å². The summed E-state index contributed by atoms with van der Waals surface area (Å²) < 4.78 is 13.2. The number of aliphatic hydroxyl groups excluding tert-OH is 1. The number of nitrogens with zero attached hydrogens (tertiary/aromatic N) is 1. The Kier molecular flexibility index (Phi) is 4.32. The van der Waals surface area contributed by atoms with Crippen molar-refractivity contribution in [2.24, 2.45) is 0 Å². The van der Waals surface area contributed by atoms with Crippen LogP contribution < -0.4 is 0 Å². The van der Waals surface area contributed by atoms with Gasteiger partial charge in [-0.05, 0) is 69.0 Å². The molecule has 0 radical (unpaired) electrons. The second-order valence-electron chi connectivity index (χ2n) is 6.80. The van der Waals surface area contributed by atoms with Crippen LogP contribution in [0.15, 0.2) is 18.2 Å². The Hall–Kier alpha value is -0.930. The van der Waals surface area contributed by atoms with Gasteiger partial charge in [0.15, 0.2) is 0 Å². The minimum absolute atomic E-state index is 0.0304. The number of aliphatic hydroxyl groups is 1. The molecule has 2 aliphatic rings. The summed E-state index contributed by atoms with van der Waals surface area (Å²) >= 11 is 0. The van der Waals surface area contributed by atoms with Crippen molar-refractivity contribution >= 4 is 0 Å². The summed E-state index contributed by atoms with van der Waals surface area (Å²) in [6.45, 7) is 4.18. The quantitative estimate of drug-likeness (QED) is 0.918. The lowest BCUT2D eigenvalue weighted by Crippen LogP contribution is -2.54. The SMILES string of the molecule is Cc1cc(F)ccc1CC(O)C1(N2CCCC2)CCCC1. The zero-order chi connectivity index (χ0) is 14.9. The first-order valence-electron chi connectivity index (χ1n) is 8.30. The maximum Gasteiger partial charge on any atom is 0.123 e. The molecule has 1 aliphatic heterocycles. The fourth-order valence-electron chi connectivity index (χ4n) is 4.30. The van der Waals surface area contributed by atoms with Gasteiger partial charge in [0.25, 0.3) is 0 Å². The van der Waals surface area contributed by atoms with Crippen LogP contribution in [0.3, 0.4) is 0 Å². The Morgan fingerprint density at radius 2 is 1.86 bits per heavy atom. The van der Waals surface area contributed by atoms with Gasteiger partial charge in [-0.1, -0.05) is 18.9 Å². The zero-order valence-electron chi connectivity index (χ0n) is 12.9. The summed E-state index contributed by atoms with van der Waals surface area (Å²) in [6, 6.07) is 4.91. The monoisotopic (exact) mass is 291 g/mol. The Labute approximate surface area is 127 Å². The summed E-state index contributed by atoms with van der Waals surface area (Å²) in [5, 5.41) is 11.0. The Balaban J connectivity index is 1.79. The fraction of sp³-hybridized carbons (Fsp3) is 0.667. The molecule has 1 unspecified atom stereocenters. The molecule has 1 saturated carbocycles. The van der Waals surface area contributed by atoms with E-state index >= 15 is 0 Å². The number of hydrogen-bond donors (Lipinski definition) is 1. The Morgan fingerprint density at radius 1 is 1.19 bits per heavy atom. The van der Waals surface area contributed by atoms with E-state index in [-0.39, 0.29) is 17.5 Å². The standard InChI is InChI=1S/C18H26FNO/c1-14-12-16(19)7-6-15(14)13-17(21)18(8-2-3-9-18)20-10-4-5-11-20/h6-7,12,17,21H,2-5,8-11,13H2,1H3. The highest BCUT2D eigenvalue weighted by Gasteiger charge is 2.45. The van der Waals surface area contributed by atoms with E-state index in [1.54, 1.807) is 6.07 Å². The van der Waals surface area contributed by atoms with E-state index in [1.807, 2.05) is 13.0 Å². The first kappa shape index (κ1) is 15.0. The molecule has 2 fully saturated rings. The minimum Gasteiger partial charge on any atom is -0.391 e. The lowest BCUT2D eigenvalue weighted by Gasteiger charge is -2.43. The van der Waals surface area contributed by atoms with Crippen LogP contribution in [-0.2, 0) is 6.42 Å². The van der Waals surface area contributed by atoms with E-state index in [0.29, 0.717) is 6.42 Å². The molecule has 21 heavy (non-hydrogen) atoms. The molecule has 1 saturated heterocycles. The topological polar surface area (TPSA) is 23.5 Å². The van der Waals surface area contributed by atoms with E-state index in [9.17, 15) is 9.50 Å². The van der Waals surface area contributed by atoms with Crippen molar-refractivity contribution in [1.82, 2.24) is 4.90 Å². The first-order chi connectivity index (χ1) is 10.1. The normalized spacial score (nSPS) is 23.6. The summed E-state index contributed by atoms with van der Waals surface area (Å²) in [4.78, 5) is 2.53. The highest BCUT2D eigenvalue weighted by Crippen LogP contribution is 2.41. The molecule has 1 aromatic carbocycles. The van der Waals surface area contributed by atoms with Gasteiger partial charge in [0, 0.05) is 12.0 Å².